The van der Waals surface area contributed by atoms with E-state index in [2.05, 4.69) is 27.4 Å². The highest BCUT2D eigenvalue weighted by Crippen LogP contribution is 2.21. The summed E-state index contributed by atoms with van der Waals surface area (Å²) in [6.45, 7) is 2.02. The van der Waals surface area contributed by atoms with Crippen molar-refractivity contribution >= 4 is 27.3 Å². The van der Waals surface area contributed by atoms with Crippen LogP contribution >= 0.6 is 27.3 Å². The van der Waals surface area contributed by atoms with Crippen molar-refractivity contribution in [2.24, 2.45) is 5.73 Å². The lowest BCUT2D eigenvalue weighted by Gasteiger charge is -1.99. The van der Waals surface area contributed by atoms with Gasteiger partial charge in [-0.1, -0.05) is 0 Å². The second kappa shape index (κ2) is 3.51. The van der Waals surface area contributed by atoms with Crippen LogP contribution in [0, 0.1) is 0 Å². The van der Waals surface area contributed by atoms with Gasteiger partial charge in [0.25, 0.3) is 0 Å². The second-order valence-electron chi connectivity index (χ2n) is 2.44. The van der Waals surface area contributed by atoms with E-state index >= 15 is 0 Å². The minimum atomic E-state index is 0.265. The smallest absolute Gasteiger partial charge is 0.0701 e. The molecular formula is C7H10BrNS. The maximum absolute atomic E-state index is 5.62. The van der Waals surface area contributed by atoms with Gasteiger partial charge in [-0.25, -0.2) is 0 Å². The zero-order valence-electron chi connectivity index (χ0n) is 5.80. The third-order valence-corrected chi connectivity index (χ3v) is 2.73. The number of nitrogens with two attached hydrogens (primary N) is 1. The summed E-state index contributed by atoms with van der Waals surface area (Å²) in [6, 6.07) is 2.38. The van der Waals surface area contributed by atoms with Crippen molar-refractivity contribution in [3.05, 3.63) is 20.8 Å². The van der Waals surface area contributed by atoms with Crippen LogP contribution in [0.4, 0.5) is 0 Å². The molecule has 0 aliphatic rings. The Morgan fingerprint density at radius 2 is 2.50 bits per heavy atom. The molecule has 0 amide bonds. The molecule has 0 unspecified atom stereocenters. The van der Waals surface area contributed by atoms with Crippen molar-refractivity contribution in [1.82, 2.24) is 0 Å². The Morgan fingerprint density at radius 3 is 2.90 bits per heavy atom. The van der Waals surface area contributed by atoms with Gasteiger partial charge in [0.1, 0.15) is 0 Å². The first-order valence-electron chi connectivity index (χ1n) is 3.17. The van der Waals surface area contributed by atoms with Crippen molar-refractivity contribution in [2.45, 2.75) is 19.4 Å². The maximum Gasteiger partial charge on any atom is 0.0701 e. The Balaban J connectivity index is 2.58. The zero-order valence-corrected chi connectivity index (χ0v) is 8.21. The first kappa shape index (κ1) is 8.24. The van der Waals surface area contributed by atoms with Gasteiger partial charge in [-0.15, -0.1) is 11.3 Å². The fraction of sp³-hybridized carbons (Fsp3) is 0.429. The van der Waals surface area contributed by atoms with Crippen LogP contribution in [0.5, 0.6) is 0 Å². The summed E-state index contributed by atoms with van der Waals surface area (Å²) in [5.74, 6) is 0. The van der Waals surface area contributed by atoms with Crippen LogP contribution in [0.3, 0.4) is 0 Å². The minimum absolute atomic E-state index is 0.265. The molecule has 0 aromatic carbocycles. The van der Waals surface area contributed by atoms with Gasteiger partial charge in [-0.05, 0) is 46.3 Å². The first-order chi connectivity index (χ1) is 4.68. The molecule has 1 heterocycles. The Kier molecular flexibility index (Phi) is 2.89. The van der Waals surface area contributed by atoms with Gasteiger partial charge in [0.2, 0.25) is 0 Å². The molecule has 0 fully saturated rings. The van der Waals surface area contributed by atoms with Crippen molar-refractivity contribution in [3.8, 4) is 0 Å². The fourth-order valence-electron chi connectivity index (χ4n) is 0.825. The highest BCUT2D eigenvalue weighted by Gasteiger charge is 1.99. The predicted octanol–water partition coefficient (Wildman–Crippen LogP) is 2.40. The fourth-order valence-corrected chi connectivity index (χ4v) is 2.05. The quantitative estimate of drug-likeness (QED) is 0.813. The molecule has 0 aliphatic heterocycles. The molecular weight excluding hydrogens is 210 g/mol. The summed E-state index contributed by atoms with van der Waals surface area (Å²) in [5, 5.41) is 2.13. The van der Waals surface area contributed by atoms with Gasteiger partial charge in [-0.2, -0.15) is 0 Å². The lowest BCUT2D eigenvalue weighted by Crippen LogP contribution is -2.17. The lowest BCUT2D eigenvalue weighted by molar-refractivity contribution is 0.740. The molecule has 56 valence electrons. The SMILES string of the molecule is C[C@H](N)Cc1csc(Br)c1. The number of hydrogen-bond donors (Lipinski definition) is 1. The Morgan fingerprint density at radius 1 is 1.80 bits per heavy atom. The number of halogens is 1. The van der Waals surface area contributed by atoms with Crippen molar-refractivity contribution in [1.29, 1.82) is 0 Å². The molecule has 0 spiro atoms. The summed E-state index contributed by atoms with van der Waals surface area (Å²) >= 11 is 5.11. The van der Waals surface area contributed by atoms with E-state index in [0.717, 1.165) is 6.42 Å². The molecule has 0 bridgehead atoms. The van der Waals surface area contributed by atoms with Crippen molar-refractivity contribution in [2.75, 3.05) is 0 Å². The van der Waals surface area contributed by atoms with E-state index in [9.17, 15) is 0 Å². The van der Waals surface area contributed by atoms with E-state index in [-0.39, 0.29) is 6.04 Å². The minimum Gasteiger partial charge on any atom is -0.328 e. The Bertz CT molecular complexity index is 207. The van der Waals surface area contributed by atoms with E-state index in [1.165, 1.54) is 9.35 Å². The van der Waals surface area contributed by atoms with Gasteiger partial charge >= 0.3 is 0 Å². The van der Waals surface area contributed by atoms with Gasteiger partial charge in [0, 0.05) is 6.04 Å². The molecule has 1 rings (SSSR count). The summed E-state index contributed by atoms with van der Waals surface area (Å²) in [7, 11) is 0. The third-order valence-electron chi connectivity index (χ3n) is 1.18. The van der Waals surface area contributed by atoms with E-state index in [1.54, 1.807) is 11.3 Å². The van der Waals surface area contributed by atoms with E-state index in [1.807, 2.05) is 6.92 Å². The molecule has 1 aromatic rings. The summed E-state index contributed by atoms with van der Waals surface area (Å²) in [6.07, 6.45) is 0.974. The summed E-state index contributed by atoms with van der Waals surface area (Å²) in [5.41, 5.74) is 6.95. The van der Waals surface area contributed by atoms with Crippen LogP contribution in [0.25, 0.3) is 0 Å². The Hall–Kier alpha value is 0.140. The number of thiophene rings is 1. The number of hydrogen-bond acceptors (Lipinski definition) is 2. The van der Waals surface area contributed by atoms with E-state index < -0.39 is 0 Å². The predicted molar refractivity (Wildman–Crippen MR) is 49.4 cm³/mol. The van der Waals surface area contributed by atoms with Crippen LogP contribution in [-0.4, -0.2) is 6.04 Å². The van der Waals surface area contributed by atoms with Gasteiger partial charge in [-0.3, -0.25) is 0 Å². The van der Waals surface area contributed by atoms with Crippen LogP contribution in [0.1, 0.15) is 12.5 Å². The maximum atomic E-state index is 5.62. The van der Waals surface area contributed by atoms with Crippen LogP contribution in [-0.2, 0) is 6.42 Å². The molecule has 10 heavy (non-hydrogen) atoms. The van der Waals surface area contributed by atoms with E-state index in [0.29, 0.717) is 0 Å². The van der Waals surface area contributed by atoms with Gasteiger partial charge < -0.3 is 5.73 Å². The monoisotopic (exact) mass is 219 g/mol. The topological polar surface area (TPSA) is 26.0 Å². The first-order valence-corrected chi connectivity index (χ1v) is 4.84. The molecule has 1 atom stereocenters. The van der Waals surface area contributed by atoms with Crippen molar-refractivity contribution < 1.29 is 0 Å². The largest absolute Gasteiger partial charge is 0.328 e. The van der Waals surface area contributed by atoms with E-state index in [4.69, 9.17) is 5.73 Å². The molecule has 1 aromatic heterocycles. The van der Waals surface area contributed by atoms with Crippen LogP contribution in [0.2, 0.25) is 0 Å². The summed E-state index contributed by atoms with van der Waals surface area (Å²) in [4.78, 5) is 0. The highest BCUT2D eigenvalue weighted by molar-refractivity contribution is 9.11. The average Bonchev–Trinajstić information content (AvgIpc) is 2.13. The van der Waals surface area contributed by atoms with Crippen LogP contribution in [0.15, 0.2) is 15.2 Å². The molecule has 0 radical (unpaired) electrons. The molecule has 0 saturated heterocycles. The lowest BCUT2D eigenvalue weighted by atomic mass is 10.1. The highest BCUT2D eigenvalue weighted by atomic mass is 79.9. The zero-order chi connectivity index (χ0) is 7.56. The molecule has 0 aliphatic carbocycles. The third kappa shape index (κ3) is 2.40. The normalized spacial score (nSPS) is 13.5. The van der Waals surface area contributed by atoms with Gasteiger partial charge in [0.05, 0.1) is 3.79 Å². The van der Waals surface area contributed by atoms with Crippen LogP contribution < -0.4 is 5.73 Å². The molecule has 2 N–H and O–H groups in total. The molecule has 3 heteroatoms. The van der Waals surface area contributed by atoms with Crippen molar-refractivity contribution in [3.63, 3.8) is 0 Å². The van der Waals surface area contributed by atoms with Gasteiger partial charge in [0.15, 0.2) is 0 Å². The number of rotatable bonds is 2. The Labute approximate surface area is 73.4 Å². The average molecular weight is 220 g/mol. The molecule has 1 nitrogen and oxygen atoms in total. The second-order valence-corrected chi connectivity index (χ2v) is 4.73. The summed E-state index contributed by atoms with van der Waals surface area (Å²) < 4.78 is 1.18. The molecule has 0 saturated carbocycles. The standard InChI is InChI=1S/C7H10BrNS/c1-5(9)2-6-3-7(8)10-4-6/h3-5H,2,9H2,1H3/t5-/m0/s1.